The summed E-state index contributed by atoms with van der Waals surface area (Å²) in [4.78, 5) is 0. The number of aryl methyl sites for hydroxylation is 1. The Hall–Kier alpha value is -3.01. The molecule has 144 valence electrons. The Kier molecular flexibility index (Phi) is 4.71. The van der Waals surface area contributed by atoms with E-state index < -0.39 is 0 Å². The lowest BCUT2D eigenvalue weighted by atomic mass is 9.79. The molecular formula is C24H26N2O2. The van der Waals surface area contributed by atoms with Crippen molar-refractivity contribution in [1.82, 2.24) is 0 Å². The monoisotopic (exact) mass is 374 g/mol. The molecule has 0 spiro atoms. The average molecular weight is 374 g/mol. The summed E-state index contributed by atoms with van der Waals surface area (Å²) in [7, 11) is 0. The molecule has 4 rings (SSSR count). The van der Waals surface area contributed by atoms with Crippen LogP contribution < -0.4 is 15.2 Å². The van der Waals surface area contributed by atoms with Crippen LogP contribution in [0.15, 0.2) is 53.6 Å². The molecule has 0 saturated heterocycles. The van der Waals surface area contributed by atoms with Gasteiger partial charge < -0.3 is 20.6 Å². The number of hydrogen-bond donors (Lipinski definition) is 2. The first-order valence-corrected chi connectivity index (χ1v) is 9.77. The summed E-state index contributed by atoms with van der Waals surface area (Å²) in [6, 6.07) is 12.3. The van der Waals surface area contributed by atoms with Crippen LogP contribution in [0, 0.1) is 11.3 Å². The van der Waals surface area contributed by atoms with E-state index in [1.54, 1.807) is 0 Å². The van der Waals surface area contributed by atoms with Crippen molar-refractivity contribution < 1.29 is 9.47 Å². The Morgan fingerprint density at radius 3 is 2.71 bits per heavy atom. The zero-order valence-corrected chi connectivity index (χ0v) is 16.6. The number of ether oxygens (including phenoxy) is 2. The molecule has 4 heteroatoms. The molecule has 0 bridgehead atoms. The van der Waals surface area contributed by atoms with E-state index >= 15 is 0 Å². The molecule has 2 aromatic carbocycles. The summed E-state index contributed by atoms with van der Waals surface area (Å²) in [6.45, 7) is 6.64. The summed E-state index contributed by atoms with van der Waals surface area (Å²) in [5.41, 5.74) is 14.7. The van der Waals surface area contributed by atoms with E-state index in [2.05, 4.69) is 45.0 Å². The van der Waals surface area contributed by atoms with Gasteiger partial charge in [0, 0.05) is 17.3 Å². The smallest absolute Gasteiger partial charge is 0.231 e. The minimum Gasteiger partial charge on any atom is -0.454 e. The normalized spacial score (nSPS) is 20.2. The summed E-state index contributed by atoms with van der Waals surface area (Å²) in [5, 5.41) is 8.22. The van der Waals surface area contributed by atoms with Crippen molar-refractivity contribution in [3.8, 4) is 11.5 Å². The van der Waals surface area contributed by atoms with Crippen molar-refractivity contribution in [2.24, 2.45) is 5.92 Å². The van der Waals surface area contributed by atoms with Crippen LogP contribution in [0.3, 0.4) is 0 Å². The van der Waals surface area contributed by atoms with Crippen LogP contribution in [-0.2, 0) is 6.42 Å². The van der Waals surface area contributed by atoms with Crippen LogP contribution in [-0.4, -0.2) is 12.5 Å². The van der Waals surface area contributed by atoms with E-state index in [0.29, 0.717) is 5.71 Å². The molecule has 2 aliphatic rings. The van der Waals surface area contributed by atoms with Gasteiger partial charge in [-0.25, -0.2) is 0 Å². The maximum atomic E-state index is 8.22. The number of allylic oxidation sites excluding steroid dienone is 3. The zero-order valence-electron chi connectivity index (χ0n) is 16.6. The Morgan fingerprint density at radius 1 is 1.14 bits per heavy atom. The van der Waals surface area contributed by atoms with Crippen LogP contribution in [0.25, 0.3) is 5.57 Å². The van der Waals surface area contributed by atoms with Crippen molar-refractivity contribution >= 4 is 17.0 Å². The third-order valence-electron chi connectivity index (χ3n) is 5.63. The molecule has 1 unspecified atom stereocenters. The minimum absolute atomic E-state index is 0.196. The first kappa shape index (κ1) is 18.4. The summed E-state index contributed by atoms with van der Waals surface area (Å²) in [6.07, 6.45) is 3.74. The predicted molar refractivity (Wildman–Crippen MR) is 114 cm³/mol. The van der Waals surface area contributed by atoms with Gasteiger partial charge in [-0.3, -0.25) is 0 Å². The maximum absolute atomic E-state index is 8.22. The van der Waals surface area contributed by atoms with Gasteiger partial charge in [0.05, 0.1) is 0 Å². The van der Waals surface area contributed by atoms with E-state index in [0.717, 1.165) is 41.2 Å². The maximum Gasteiger partial charge on any atom is 0.231 e. The van der Waals surface area contributed by atoms with Gasteiger partial charge in [0.1, 0.15) is 0 Å². The second-order valence-corrected chi connectivity index (χ2v) is 7.58. The fourth-order valence-corrected chi connectivity index (χ4v) is 4.03. The molecule has 4 nitrogen and oxygen atoms in total. The molecule has 28 heavy (non-hydrogen) atoms. The molecule has 0 radical (unpaired) electrons. The van der Waals surface area contributed by atoms with E-state index in [4.69, 9.17) is 20.6 Å². The topological polar surface area (TPSA) is 68.3 Å². The highest BCUT2D eigenvalue weighted by Gasteiger charge is 2.24. The summed E-state index contributed by atoms with van der Waals surface area (Å²) in [5.74, 6) is 1.76. The molecule has 0 amide bonds. The third-order valence-corrected chi connectivity index (χ3v) is 5.63. The van der Waals surface area contributed by atoms with Gasteiger partial charge in [0.2, 0.25) is 6.79 Å². The Balaban J connectivity index is 1.99. The van der Waals surface area contributed by atoms with Crippen LogP contribution >= 0.6 is 0 Å². The lowest BCUT2D eigenvalue weighted by molar-refractivity contribution is 0.174. The van der Waals surface area contributed by atoms with Gasteiger partial charge in [0.25, 0.3) is 0 Å². The van der Waals surface area contributed by atoms with Crippen molar-refractivity contribution in [2.75, 3.05) is 12.5 Å². The van der Waals surface area contributed by atoms with E-state index in [1.165, 1.54) is 22.3 Å². The number of hydrogen-bond acceptors (Lipinski definition) is 4. The quantitative estimate of drug-likeness (QED) is 0.710. The Labute approximate surface area is 166 Å². The average Bonchev–Trinajstić information content (AvgIpc) is 3.15. The first-order chi connectivity index (χ1) is 13.5. The number of rotatable bonds is 3. The molecule has 0 aromatic heterocycles. The van der Waals surface area contributed by atoms with Gasteiger partial charge >= 0.3 is 0 Å². The highest BCUT2D eigenvalue weighted by atomic mass is 16.7. The second kappa shape index (κ2) is 7.19. The molecular weight excluding hydrogens is 348 g/mol. The molecule has 1 atom stereocenters. The van der Waals surface area contributed by atoms with Crippen molar-refractivity contribution in [1.29, 1.82) is 5.41 Å². The minimum atomic E-state index is 0.196. The molecule has 0 fully saturated rings. The van der Waals surface area contributed by atoms with Crippen LogP contribution in [0.4, 0.5) is 5.69 Å². The molecule has 3 N–H and O–H groups in total. The van der Waals surface area contributed by atoms with Gasteiger partial charge in [-0.15, -0.1) is 0 Å². The summed E-state index contributed by atoms with van der Waals surface area (Å²) >= 11 is 0. The Bertz CT molecular complexity index is 1020. The van der Waals surface area contributed by atoms with Crippen molar-refractivity contribution in [3.05, 3.63) is 70.3 Å². The molecule has 2 aromatic rings. The van der Waals surface area contributed by atoms with Crippen LogP contribution in [0.2, 0.25) is 0 Å². The zero-order chi connectivity index (χ0) is 19.8. The first-order valence-electron chi connectivity index (χ1n) is 9.77. The van der Waals surface area contributed by atoms with Gasteiger partial charge in [0.15, 0.2) is 11.5 Å². The lowest BCUT2D eigenvalue weighted by Crippen LogP contribution is -2.16. The summed E-state index contributed by atoms with van der Waals surface area (Å²) < 4.78 is 11.1. The van der Waals surface area contributed by atoms with E-state index in [9.17, 15) is 0 Å². The Morgan fingerprint density at radius 2 is 1.93 bits per heavy atom. The standard InChI is InChI=1S/C24H26N2O2/c1-4-16-11-18(25)6-7-19(16)24(20-9-15(3)21(26)10-14(20)2)17-5-8-22-23(12-17)28-13-27-22/h5-8,10-12,15,26H,4,9,13,25H2,1-3H3/b24-20-,26-21?. The number of nitrogens with two attached hydrogens (primary N) is 1. The van der Waals surface area contributed by atoms with Gasteiger partial charge in [-0.2, -0.15) is 0 Å². The van der Waals surface area contributed by atoms with Gasteiger partial charge in [-0.1, -0.05) is 26.0 Å². The molecule has 1 heterocycles. The van der Waals surface area contributed by atoms with Crippen LogP contribution in [0.1, 0.15) is 43.9 Å². The number of nitrogen functional groups attached to an aromatic ring is 1. The van der Waals surface area contributed by atoms with Crippen molar-refractivity contribution in [3.63, 3.8) is 0 Å². The largest absolute Gasteiger partial charge is 0.454 e. The van der Waals surface area contributed by atoms with E-state index in [-0.39, 0.29) is 12.7 Å². The fraction of sp³-hybridized carbons (Fsp3) is 0.292. The van der Waals surface area contributed by atoms with Crippen molar-refractivity contribution in [2.45, 2.75) is 33.6 Å². The highest BCUT2D eigenvalue weighted by Crippen LogP contribution is 2.42. The highest BCUT2D eigenvalue weighted by molar-refractivity contribution is 5.99. The number of nitrogens with one attached hydrogen (secondary N) is 1. The number of anilines is 1. The molecule has 1 aliphatic carbocycles. The molecule has 0 saturated carbocycles. The number of benzene rings is 2. The molecule has 1 aliphatic heterocycles. The van der Waals surface area contributed by atoms with Gasteiger partial charge in [-0.05, 0) is 83.5 Å². The SMILES string of the molecule is CCc1cc(N)ccc1/C(=C1/CC(C)C(=N)C=C1C)c1ccc2c(c1)OCO2. The predicted octanol–water partition coefficient (Wildman–Crippen LogP) is 5.37. The number of fused-ring (bicyclic) bond motifs is 1. The lowest BCUT2D eigenvalue weighted by Gasteiger charge is -2.26. The second-order valence-electron chi connectivity index (χ2n) is 7.58. The third kappa shape index (κ3) is 3.19. The van der Waals surface area contributed by atoms with E-state index in [1.807, 2.05) is 18.2 Å². The van der Waals surface area contributed by atoms with Crippen LogP contribution in [0.5, 0.6) is 11.5 Å². The fourth-order valence-electron chi connectivity index (χ4n) is 4.03.